The highest BCUT2D eigenvalue weighted by molar-refractivity contribution is 5.79. The van der Waals surface area contributed by atoms with Gasteiger partial charge < -0.3 is 5.11 Å². The van der Waals surface area contributed by atoms with Crippen molar-refractivity contribution in [1.29, 1.82) is 5.26 Å². The van der Waals surface area contributed by atoms with E-state index in [9.17, 15) is 9.18 Å². The van der Waals surface area contributed by atoms with E-state index >= 15 is 0 Å². The number of carbonyl (C=O) groups excluding carboxylic acids is 1. The van der Waals surface area contributed by atoms with Gasteiger partial charge in [0.05, 0.1) is 11.1 Å². The first-order valence-corrected chi connectivity index (χ1v) is 3.07. The predicted octanol–water partition coefficient (Wildman–Crippen LogP) is 1.22. The molecule has 0 saturated carbocycles. The summed E-state index contributed by atoms with van der Waals surface area (Å²) in [6, 6.07) is 3.27. The fourth-order valence-corrected chi connectivity index (χ4v) is 0.757. The minimum absolute atomic E-state index is 0.161. The Kier molecular flexibility index (Phi) is 2.06. The van der Waals surface area contributed by atoms with Crippen molar-refractivity contribution in [3.63, 3.8) is 0 Å². The maximum atomic E-state index is 12.7. The van der Waals surface area contributed by atoms with Crippen LogP contribution in [0.5, 0.6) is 5.75 Å². The molecule has 4 heteroatoms. The van der Waals surface area contributed by atoms with E-state index in [0.717, 1.165) is 12.1 Å². The molecule has 12 heavy (non-hydrogen) atoms. The highest BCUT2D eigenvalue weighted by Crippen LogP contribution is 2.19. The highest BCUT2D eigenvalue weighted by atomic mass is 19.1. The zero-order chi connectivity index (χ0) is 9.14. The van der Waals surface area contributed by atoms with Crippen LogP contribution in [0, 0.1) is 17.1 Å². The Balaban J connectivity index is 3.38. The van der Waals surface area contributed by atoms with E-state index in [2.05, 4.69) is 0 Å². The van der Waals surface area contributed by atoms with Crippen LogP contribution in [0.25, 0.3) is 0 Å². The molecule has 0 heterocycles. The maximum absolute atomic E-state index is 12.7. The van der Waals surface area contributed by atoms with Crippen molar-refractivity contribution in [2.75, 3.05) is 0 Å². The highest BCUT2D eigenvalue weighted by Gasteiger charge is 2.07. The third kappa shape index (κ3) is 1.25. The van der Waals surface area contributed by atoms with Gasteiger partial charge in [0.1, 0.15) is 17.6 Å². The molecule has 1 rings (SSSR count). The number of hydrogen-bond donors (Lipinski definition) is 1. The first-order valence-electron chi connectivity index (χ1n) is 3.07. The Hall–Kier alpha value is -1.89. The van der Waals surface area contributed by atoms with Gasteiger partial charge in [-0.15, -0.1) is 0 Å². The van der Waals surface area contributed by atoms with Gasteiger partial charge in [0.2, 0.25) is 0 Å². The fourth-order valence-electron chi connectivity index (χ4n) is 0.757. The number of phenolic OH excluding ortho intramolecular Hbond substituents is 1. The van der Waals surface area contributed by atoms with Gasteiger partial charge in [0.25, 0.3) is 0 Å². The Bertz CT molecular complexity index is 368. The molecule has 0 aliphatic carbocycles. The topological polar surface area (TPSA) is 61.1 Å². The van der Waals surface area contributed by atoms with Crippen LogP contribution < -0.4 is 0 Å². The molecule has 0 fully saturated rings. The van der Waals surface area contributed by atoms with Gasteiger partial charge in [0.15, 0.2) is 6.29 Å². The van der Waals surface area contributed by atoms with Crippen molar-refractivity contribution in [3.05, 3.63) is 29.1 Å². The van der Waals surface area contributed by atoms with E-state index in [0.29, 0.717) is 6.29 Å². The van der Waals surface area contributed by atoms with Crippen LogP contribution in [0.1, 0.15) is 15.9 Å². The summed E-state index contributed by atoms with van der Waals surface area (Å²) in [6.45, 7) is 0. The average molecular weight is 165 g/mol. The summed E-state index contributed by atoms with van der Waals surface area (Å²) in [6.07, 6.45) is 0.319. The second-order valence-corrected chi connectivity index (χ2v) is 2.12. The molecule has 1 aromatic carbocycles. The Labute approximate surface area is 67.7 Å². The van der Waals surface area contributed by atoms with Gasteiger partial charge in [0, 0.05) is 6.07 Å². The number of benzene rings is 1. The number of nitrogens with zero attached hydrogens (tertiary/aromatic N) is 1. The van der Waals surface area contributed by atoms with Gasteiger partial charge in [-0.1, -0.05) is 0 Å². The lowest BCUT2D eigenvalue weighted by atomic mass is 10.1. The number of rotatable bonds is 1. The van der Waals surface area contributed by atoms with Crippen LogP contribution in [-0.4, -0.2) is 11.4 Å². The molecule has 0 unspecified atom stereocenters. The van der Waals surface area contributed by atoms with E-state index in [1.807, 2.05) is 0 Å². The maximum Gasteiger partial charge on any atom is 0.153 e. The lowest BCUT2D eigenvalue weighted by Crippen LogP contribution is -1.88. The first kappa shape index (κ1) is 8.21. The SMILES string of the molecule is N#Cc1cc(O)c(C=O)cc1F. The van der Waals surface area contributed by atoms with Gasteiger partial charge in [-0.05, 0) is 6.07 Å². The summed E-state index contributed by atoms with van der Waals surface area (Å²) in [5.41, 5.74) is -0.440. The number of carbonyl (C=O) groups is 1. The molecule has 0 aromatic heterocycles. The lowest BCUT2D eigenvalue weighted by Gasteiger charge is -1.97. The van der Waals surface area contributed by atoms with Crippen molar-refractivity contribution < 1.29 is 14.3 Å². The number of aromatic hydroxyl groups is 1. The fraction of sp³-hybridized carbons (Fsp3) is 0. The van der Waals surface area contributed by atoms with Gasteiger partial charge in [-0.2, -0.15) is 5.26 Å². The van der Waals surface area contributed by atoms with E-state index in [-0.39, 0.29) is 16.9 Å². The molecule has 0 radical (unpaired) electrons. The molecule has 1 N–H and O–H groups in total. The molecule has 60 valence electrons. The summed E-state index contributed by atoms with van der Waals surface area (Å²) < 4.78 is 12.7. The zero-order valence-corrected chi connectivity index (χ0v) is 5.91. The Morgan fingerprint density at radius 1 is 1.58 bits per heavy atom. The lowest BCUT2D eigenvalue weighted by molar-refractivity contribution is 0.112. The first-order chi connectivity index (χ1) is 5.69. The normalized spacial score (nSPS) is 9.00. The molecular weight excluding hydrogens is 161 g/mol. The molecule has 1 aromatic rings. The van der Waals surface area contributed by atoms with Gasteiger partial charge in [-0.25, -0.2) is 4.39 Å². The molecule has 0 bridgehead atoms. The van der Waals surface area contributed by atoms with E-state index in [1.54, 1.807) is 0 Å². The number of aldehydes is 1. The Morgan fingerprint density at radius 2 is 2.25 bits per heavy atom. The second-order valence-electron chi connectivity index (χ2n) is 2.12. The van der Waals surface area contributed by atoms with E-state index in [1.165, 1.54) is 6.07 Å². The van der Waals surface area contributed by atoms with E-state index < -0.39 is 5.82 Å². The molecule has 0 amide bonds. The summed E-state index contributed by atoms with van der Waals surface area (Å²) in [7, 11) is 0. The standard InChI is InChI=1S/C8H4FNO2/c9-7-1-6(4-11)8(12)2-5(7)3-10/h1-2,4,12H. The molecular formula is C8H4FNO2. The molecule has 3 nitrogen and oxygen atoms in total. The van der Waals surface area contributed by atoms with Crippen LogP contribution in [0.4, 0.5) is 4.39 Å². The molecule has 0 saturated heterocycles. The van der Waals surface area contributed by atoms with Crippen molar-refractivity contribution in [1.82, 2.24) is 0 Å². The van der Waals surface area contributed by atoms with Crippen molar-refractivity contribution in [3.8, 4) is 11.8 Å². The Morgan fingerprint density at radius 3 is 2.75 bits per heavy atom. The van der Waals surface area contributed by atoms with Crippen LogP contribution in [-0.2, 0) is 0 Å². The van der Waals surface area contributed by atoms with Crippen LogP contribution in [0.2, 0.25) is 0 Å². The van der Waals surface area contributed by atoms with Gasteiger partial charge in [-0.3, -0.25) is 4.79 Å². The summed E-state index contributed by atoms with van der Waals surface area (Å²) >= 11 is 0. The third-order valence-corrected chi connectivity index (χ3v) is 1.36. The minimum atomic E-state index is -0.808. The number of hydrogen-bond acceptors (Lipinski definition) is 3. The number of phenols is 1. The average Bonchev–Trinajstić information content (AvgIpc) is 2.08. The van der Waals surface area contributed by atoms with Crippen LogP contribution in [0.3, 0.4) is 0 Å². The molecule has 0 spiro atoms. The molecule has 0 aliphatic rings. The number of halogens is 1. The molecule has 0 atom stereocenters. The van der Waals surface area contributed by atoms with Crippen molar-refractivity contribution in [2.24, 2.45) is 0 Å². The summed E-state index contributed by atoms with van der Waals surface area (Å²) in [5, 5.41) is 17.3. The smallest absolute Gasteiger partial charge is 0.153 e. The zero-order valence-electron chi connectivity index (χ0n) is 5.91. The van der Waals surface area contributed by atoms with Crippen LogP contribution >= 0.6 is 0 Å². The quantitative estimate of drug-likeness (QED) is 0.636. The third-order valence-electron chi connectivity index (χ3n) is 1.36. The van der Waals surface area contributed by atoms with Gasteiger partial charge >= 0.3 is 0 Å². The molecule has 0 aliphatic heterocycles. The predicted molar refractivity (Wildman–Crippen MR) is 38.2 cm³/mol. The summed E-state index contributed by atoms with van der Waals surface area (Å²) in [4.78, 5) is 10.2. The second kappa shape index (κ2) is 3.01. The monoisotopic (exact) mass is 165 g/mol. The van der Waals surface area contributed by atoms with Crippen molar-refractivity contribution >= 4 is 6.29 Å². The van der Waals surface area contributed by atoms with Crippen LogP contribution in [0.15, 0.2) is 12.1 Å². The summed E-state index contributed by atoms with van der Waals surface area (Å²) in [5.74, 6) is -1.19. The van der Waals surface area contributed by atoms with E-state index in [4.69, 9.17) is 10.4 Å². The van der Waals surface area contributed by atoms with Crippen molar-refractivity contribution in [2.45, 2.75) is 0 Å². The minimum Gasteiger partial charge on any atom is -0.507 e. The number of nitriles is 1. The largest absolute Gasteiger partial charge is 0.507 e.